The van der Waals surface area contributed by atoms with Crippen LogP contribution in [0.15, 0.2) is 24.3 Å². The van der Waals surface area contributed by atoms with Gasteiger partial charge in [0.2, 0.25) is 0 Å². The van der Waals surface area contributed by atoms with Crippen LogP contribution in [0.5, 0.6) is 0 Å². The minimum Gasteiger partial charge on any atom is -0.343 e. The number of piperidine rings is 1. The first-order valence-electron chi connectivity index (χ1n) is 9.69. The Bertz CT molecular complexity index is 428. The first-order valence-corrected chi connectivity index (χ1v) is 9.69. The Morgan fingerprint density at radius 3 is 2.64 bits per heavy atom. The van der Waals surface area contributed by atoms with E-state index in [2.05, 4.69) is 57.3 Å². The van der Waals surface area contributed by atoms with Crippen molar-refractivity contribution >= 4 is 0 Å². The van der Waals surface area contributed by atoms with E-state index < -0.39 is 0 Å². The minimum atomic E-state index is 0.418. The summed E-state index contributed by atoms with van der Waals surface area (Å²) in [7, 11) is 0. The summed E-state index contributed by atoms with van der Waals surface area (Å²) in [6.45, 7) is 11.0. The molecule has 124 valence electrons. The van der Waals surface area contributed by atoms with Crippen LogP contribution in [0.4, 0.5) is 0 Å². The Labute approximate surface area is 137 Å². The number of quaternary nitrogens is 1. The third-order valence-corrected chi connectivity index (χ3v) is 6.78. The van der Waals surface area contributed by atoms with Crippen LogP contribution >= 0.6 is 0 Å². The summed E-state index contributed by atoms with van der Waals surface area (Å²) in [6, 6.07) is 0.839. The molecule has 1 aliphatic heterocycles. The molecule has 6 atom stereocenters. The molecular weight excluding hydrogens is 266 g/mol. The van der Waals surface area contributed by atoms with Crippen LogP contribution in [-0.2, 0) is 0 Å². The number of hydrogen-bond donors (Lipinski definition) is 1. The first kappa shape index (κ1) is 16.3. The van der Waals surface area contributed by atoms with Crippen LogP contribution in [0.3, 0.4) is 0 Å². The molecule has 1 saturated heterocycles. The molecule has 0 spiro atoms. The average molecular weight is 303 g/mol. The van der Waals surface area contributed by atoms with Crippen molar-refractivity contribution in [1.82, 2.24) is 0 Å². The summed E-state index contributed by atoms with van der Waals surface area (Å²) in [5, 5.41) is 2.70. The fourth-order valence-corrected chi connectivity index (χ4v) is 5.31. The molecule has 0 saturated carbocycles. The second-order valence-electron chi connectivity index (χ2n) is 9.06. The van der Waals surface area contributed by atoms with Gasteiger partial charge < -0.3 is 5.32 Å². The molecule has 0 radical (unpaired) electrons. The monoisotopic (exact) mass is 302 g/mol. The summed E-state index contributed by atoms with van der Waals surface area (Å²) in [6.07, 6.45) is 17.1. The van der Waals surface area contributed by atoms with E-state index in [9.17, 15) is 0 Å². The third kappa shape index (κ3) is 3.20. The van der Waals surface area contributed by atoms with Crippen molar-refractivity contribution in [3.05, 3.63) is 24.3 Å². The smallest absolute Gasteiger partial charge is 0.0959 e. The molecule has 22 heavy (non-hydrogen) atoms. The fraction of sp³-hybridized carbons (Fsp3) is 0.810. The van der Waals surface area contributed by atoms with Gasteiger partial charge in [-0.05, 0) is 42.4 Å². The van der Waals surface area contributed by atoms with E-state index in [4.69, 9.17) is 0 Å². The predicted molar refractivity (Wildman–Crippen MR) is 94.5 cm³/mol. The van der Waals surface area contributed by atoms with Gasteiger partial charge >= 0.3 is 0 Å². The van der Waals surface area contributed by atoms with E-state index >= 15 is 0 Å². The molecule has 1 heterocycles. The lowest BCUT2D eigenvalue weighted by atomic mass is 9.63. The SMILES string of the molecule is CCC1CC(C(C)(C)C)C=CC1C1[NH2+]CCC2C=CCC[C@H]21. The summed E-state index contributed by atoms with van der Waals surface area (Å²) in [5.41, 5.74) is 0.418. The Kier molecular flexibility index (Phi) is 4.83. The van der Waals surface area contributed by atoms with Crippen molar-refractivity contribution < 1.29 is 5.32 Å². The van der Waals surface area contributed by atoms with E-state index in [1.807, 2.05) is 0 Å². The molecule has 3 aliphatic rings. The summed E-state index contributed by atoms with van der Waals surface area (Å²) in [5.74, 6) is 4.26. The topological polar surface area (TPSA) is 16.6 Å². The Morgan fingerprint density at radius 1 is 1.09 bits per heavy atom. The highest BCUT2D eigenvalue weighted by atomic mass is 14.9. The van der Waals surface area contributed by atoms with Crippen LogP contribution in [0.2, 0.25) is 0 Å². The fourth-order valence-electron chi connectivity index (χ4n) is 5.31. The molecule has 0 aromatic heterocycles. The minimum absolute atomic E-state index is 0.418. The van der Waals surface area contributed by atoms with Crippen LogP contribution < -0.4 is 5.32 Å². The zero-order valence-corrected chi connectivity index (χ0v) is 15.1. The number of nitrogens with two attached hydrogens (primary N) is 1. The normalized spacial score (nSPS) is 42.2. The van der Waals surface area contributed by atoms with Crippen molar-refractivity contribution in [2.24, 2.45) is 35.0 Å². The lowest BCUT2D eigenvalue weighted by Crippen LogP contribution is -2.95. The van der Waals surface area contributed by atoms with Crippen LogP contribution in [0, 0.1) is 35.0 Å². The van der Waals surface area contributed by atoms with Crippen molar-refractivity contribution in [1.29, 1.82) is 0 Å². The highest BCUT2D eigenvalue weighted by Crippen LogP contribution is 2.43. The number of hydrogen-bond acceptors (Lipinski definition) is 0. The predicted octanol–water partition coefficient (Wildman–Crippen LogP) is 4.17. The van der Waals surface area contributed by atoms with Gasteiger partial charge in [0.15, 0.2) is 0 Å². The molecule has 2 N–H and O–H groups in total. The van der Waals surface area contributed by atoms with E-state index in [1.165, 1.54) is 38.6 Å². The van der Waals surface area contributed by atoms with Crippen LogP contribution in [-0.4, -0.2) is 12.6 Å². The van der Waals surface area contributed by atoms with Gasteiger partial charge in [-0.1, -0.05) is 58.4 Å². The maximum Gasteiger partial charge on any atom is 0.0959 e. The molecule has 0 aromatic carbocycles. The first-order chi connectivity index (χ1) is 10.5. The molecule has 0 amide bonds. The van der Waals surface area contributed by atoms with Gasteiger partial charge in [-0.15, -0.1) is 0 Å². The lowest BCUT2D eigenvalue weighted by Gasteiger charge is -2.45. The second kappa shape index (κ2) is 6.51. The number of fused-ring (bicyclic) bond motifs is 1. The lowest BCUT2D eigenvalue weighted by molar-refractivity contribution is -0.713. The van der Waals surface area contributed by atoms with Crippen molar-refractivity contribution in [3.8, 4) is 0 Å². The summed E-state index contributed by atoms with van der Waals surface area (Å²) in [4.78, 5) is 0. The summed E-state index contributed by atoms with van der Waals surface area (Å²) < 4.78 is 0. The van der Waals surface area contributed by atoms with Crippen molar-refractivity contribution in [2.45, 2.75) is 65.8 Å². The quantitative estimate of drug-likeness (QED) is 0.737. The maximum atomic E-state index is 2.70. The second-order valence-corrected chi connectivity index (χ2v) is 9.06. The van der Waals surface area contributed by atoms with Gasteiger partial charge in [0.25, 0.3) is 0 Å². The average Bonchev–Trinajstić information content (AvgIpc) is 2.53. The summed E-state index contributed by atoms with van der Waals surface area (Å²) >= 11 is 0. The molecule has 1 fully saturated rings. The van der Waals surface area contributed by atoms with Crippen molar-refractivity contribution in [3.63, 3.8) is 0 Å². The largest absolute Gasteiger partial charge is 0.343 e. The molecule has 2 aliphatic carbocycles. The molecule has 3 rings (SSSR count). The standard InChI is InChI=1S/C21H35N/c1-5-15-14-17(21(2,3)4)10-11-19(15)20-18-9-7-6-8-16(18)12-13-22-20/h6,8,10-11,15-20,22H,5,7,9,12-14H2,1-4H3/p+1/t15?,16?,17?,18-,19?,20?/m1/s1. The number of rotatable bonds is 2. The molecule has 0 bridgehead atoms. The van der Waals surface area contributed by atoms with E-state index in [0.717, 1.165) is 35.6 Å². The van der Waals surface area contributed by atoms with Gasteiger partial charge in [0, 0.05) is 18.3 Å². The van der Waals surface area contributed by atoms with E-state index in [1.54, 1.807) is 0 Å². The Hall–Kier alpha value is -0.560. The van der Waals surface area contributed by atoms with Crippen LogP contribution in [0.25, 0.3) is 0 Å². The molecule has 1 nitrogen and oxygen atoms in total. The van der Waals surface area contributed by atoms with E-state index in [-0.39, 0.29) is 0 Å². The molecule has 1 heteroatoms. The Balaban J connectivity index is 1.79. The molecular formula is C21H36N+. The van der Waals surface area contributed by atoms with E-state index in [0.29, 0.717) is 5.41 Å². The number of allylic oxidation sites excluding steroid dienone is 3. The van der Waals surface area contributed by atoms with Crippen LogP contribution in [0.1, 0.15) is 59.8 Å². The van der Waals surface area contributed by atoms with Crippen molar-refractivity contribution in [2.75, 3.05) is 6.54 Å². The third-order valence-electron chi connectivity index (χ3n) is 6.78. The maximum absolute atomic E-state index is 2.70. The molecule has 0 aromatic rings. The highest BCUT2D eigenvalue weighted by Gasteiger charge is 2.44. The van der Waals surface area contributed by atoms with Gasteiger partial charge in [-0.25, -0.2) is 0 Å². The highest BCUT2D eigenvalue weighted by molar-refractivity contribution is 5.09. The van der Waals surface area contributed by atoms with Gasteiger partial charge in [0.1, 0.15) is 0 Å². The molecule has 5 unspecified atom stereocenters. The van der Waals surface area contributed by atoms with Gasteiger partial charge in [0.05, 0.1) is 12.6 Å². The zero-order chi connectivity index (χ0) is 15.7. The van der Waals surface area contributed by atoms with Gasteiger partial charge in [-0.2, -0.15) is 0 Å². The Morgan fingerprint density at radius 2 is 1.91 bits per heavy atom. The zero-order valence-electron chi connectivity index (χ0n) is 15.1. The van der Waals surface area contributed by atoms with Gasteiger partial charge in [-0.3, -0.25) is 0 Å².